The minimum Gasteiger partial charge on any atom is -0.340 e. The molecule has 0 amide bonds. The van der Waals surface area contributed by atoms with E-state index in [1.165, 1.54) is 12.1 Å². The lowest BCUT2D eigenvalue weighted by Gasteiger charge is -2.09. The van der Waals surface area contributed by atoms with Crippen molar-refractivity contribution in [2.45, 2.75) is 32.6 Å². The second kappa shape index (κ2) is 8.39. The maximum absolute atomic E-state index is 13.3. The first-order chi connectivity index (χ1) is 12.9. The first-order valence-electron chi connectivity index (χ1n) is 9.27. The van der Waals surface area contributed by atoms with E-state index in [0.717, 1.165) is 53.7 Å². The fraction of sp³-hybridized carbons (Fsp3) is 0.381. The van der Waals surface area contributed by atoms with Crippen LogP contribution in [0.15, 0.2) is 36.5 Å². The molecule has 3 rings (SSSR count). The van der Waals surface area contributed by atoms with Gasteiger partial charge in [-0.05, 0) is 57.4 Å². The number of rotatable bonds is 7. The Kier molecular flexibility index (Phi) is 5.96. The molecule has 0 spiro atoms. The number of benzene rings is 1. The van der Waals surface area contributed by atoms with Crippen molar-refractivity contribution in [3.63, 3.8) is 0 Å². The van der Waals surface area contributed by atoms with E-state index in [1.54, 1.807) is 18.3 Å². The van der Waals surface area contributed by atoms with Crippen LogP contribution in [0.5, 0.6) is 0 Å². The topological polar surface area (TPSA) is 57.7 Å². The zero-order valence-corrected chi connectivity index (χ0v) is 16.3. The highest BCUT2D eigenvalue weighted by Crippen LogP contribution is 2.31. The van der Waals surface area contributed by atoms with Gasteiger partial charge in [0.2, 0.25) is 0 Å². The summed E-state index contributed by atoms with van der Waals surface area (Å²) in [6, 6.07) is 8.29. The van der Waals surface area contributed by atoms with Crippen molar-refractivity contribution in [2.24, 2.45) is 0 Å². The van der Waals surface area contributed by atoms with Gasteiger partial charge in [-0.3, -0.25) is 0 Å². The van der Waals surface area contributed by atoms with Crippen LogP contribution < -0.4 is 0 Å². The van der Waals surface area contributed by atoms with E-state index in [0.29, 0.717) is 0 Å². The number of aryl methyl sites for hydroxylation is 1. The summed E-state index contributed by atoms with van der Waals surface area (Å²) in [4.78, 5) is 19.5. The molecule has 0 bridgehead atoms. The van der Waals surface area contributed by atoms with Crippen molar-refractivity contribution in [3.05, 3.63) is 54.0 Å². The van der Waals surface area contributed by atoms with Crippen LogP contribution in [0.1, 0.15) is 37.8 Å². The lowest BCUT2D eigenvalue weighted by atomic mass is 10.1. The molecular weight excluding hydrogens is 341 g/mol. The van der Waals surface area contributed by atoms with Crippen LogP contribution in [0.3, 0.4) is 0 Å². The van der Waals surface area contributed by atoms with Gasteiger partial charge in [-0.2, -0.15) is 0 Å². The van der Waals surface area contributed by atoms with Gasteiger partial charge in [0.05, 0.1) is 17.1 Å². The third-order valence-corrected chi connectivity index (χ3v) is 4.35. The molecule has 27 heavy (non-hydrogen) atoms. The second-order valence-electron chi connectivity index (χ2n) is 7.27. The van der Waals surface area contributed by atoms with Crippen LogP contribution in [-0.4, -0.2) is 45.5 Å². The van der Waals surface area contributed by atoms with Gasteiger partial charge in [0, 0.05) is 24.1 Å². The summed E-state index contributed by atoms with van der Waals surface area (Å²) in [6.45, 7) is 5.17. The Morgan fingerprint density at radius 1 is 1.07 bits per heavy atom. The average molecular weight is 367 g/mol. The summed E-state index contributed by atoms with van der Waals surface area (Å²) in [5, 5.41) is 0. The lowest BCUT2D eigenvalue weighted by Crippen LogP contribution is -2.14. The number of aromatic nitrogens is 4. The fourth-order valence-electron chi connectivity index (χ4n) is 2.88. The van der Waals surface area contributed by atoms with Gasteiger partial charge in [-0.1, -0.05) is 13.8 Å². The van der Waals surface area contributed by atoms with E-state index in [2.05, 4.69) is 42.8 Å². The molecular formula is C21H26FN5. The normalized spacial score (nSPS) is 11.5. The predicted molar refractivity (Wildman–Crippen MR) is 106 cm³/mol. The third-order valence-electron chi connectivity index (χ3n) is 4.35. The summed E-state index contributed by atoms with van der Waals surface area (Å²) < 4.78 is 13.3. The molecule has 0 fully saturated rings. The number of nitrogens with zero attached hydrogens (tertiary/aromatic N) is 4. The van der Waals surface area contributed by atoms with Crippen molar-refractivity contribution < 1.29 is 4.39 Å². The Morgan fingerprint density at radius 2 is 1.81 bits per heavy atom. The molecule has 0 atom stereocenters. The SMILES string of the molecule is CC(C)c1nc(-c2ccc(F)cc2)c(-c2ccnc(CCCN(C)C)n2)[nH]1. The molecule has 0 saturated heterocycles. The number of nitrogens with one attached hydrogen (secondary N) is 1. The molecule has 1 aromatic carbocycles. The molecule has 0 aliphatic rings. The fourth-order valence-corrected chi connectivity index (χ4v) is 2.88. The van der Waals surface area contributed by atoms with Gasteiger partial charge in [-0.25, -0.2) is 19.3 Å². The largest absolute Gasteiger partial charge is 0.340 e. The van der Waals surface area contributed by atoms with Crippen LogP contribution >= 0.6 is 0 Å². The van der Waals surface area contributed by atoms with Crippen LogP contribution in [0.2, 0.25) is 0 Å². The van der Waals surface area contributed by atoms with Gasteiger partial charge < -0.3 is 9.88 Å². The lowest BCUT2D eigenvalue weighted by molar-refractivity contribution is 0.398. The molecule has 0 radical (unpaired) electrons. The summed E-state index contributed by atoms with van der Waals surface area (Å²) in [7, 11) is 4.12. The Bertz CT molecular complexity index is 884. The van der Waals surface area contributed by atoms with Crippen molar-refractivity contribution in [1.29, 1.82) is 0 Å². The van der Waals surface area contributed by atoms with Crippen LogP contribution in [0.25, 0.3) is 22.6 Å². The van der Waals surface area contributed by atoms with Gasteiger partial charge >= 0.3 is 0 Å². The van der Waals surface area contributed by atoms with Crippen molar-refractivity contribution >= 4 is 0 Å². The third kappa shape index (κ3) is 4.77. The molecule has 5 nitrogen and oxygen atoms in total. The van der Waals surface area contributed by atoms with E-state index in [-0.39, 0.29) is 11.7 Å². The number of halogens is 1. The average Bonchev–Trinajstić information content (AvgIpc) is 3.08. The van der Waals surface area contributed by atoms with E-state index in [1.807, 2.05) is 6.07 Å². The predicted octanol–water partition coefficient (Wildman–Crippen LogP) is 4.29. The number of hydrogen-bond acceptors (Lipinski definition) is 4. The Morgan fingerprint density at radius 3 is 2.48 bits per heavy atom. The number of imidazole rings is 1. The standard InChI is InChI=1S/C21H26FN5/c1-14(2)21-25-19(15-7-9-16(22)10-8-15)20(26-21)17-11-12-23-18(24-17)6-5-13-27(3)4/h7-12,14H,5-6,13H2,1-4H3,(H,25,26). The minimum atomic E-state index is -0.259. The minimum absolute atomic E-state index is 0.249. The maximum Gasteiger partial charge on any atom is 0.129 e. The summed E-state index contributed by atoms with van der Waals surface area (Å²) in [5.41, 5.74) is 3.31. The molecule has 0 aliphatic heterocycles. The quantitative estimate of drug-likeness (QED) is 0.677. The van der Waals surface area contributed by atoms with Gasteiger partial charge in [0.25, 0.3) is 0 Å². The van der Waals surface area contributed by atoms with E-state index in [4.69, 9.17) is 9.97 Å². The summed E-state index contributed by atoms with van der Waals surface area (Å²) in [6.07, 6.45) is 3.61. The monoisotopic (exact) mass is 367 g/mol. The van der Waals surface area contributed by atoms with E-state index < -0.39 is 0 Å². The molecule has 3 aromatic rings. The highest BCUT2D eigenvalue weighted by atomic mass is 19.1. The smallest absolute Gasteiger partial charge is 0.129 e. The van der Waals surface area contributed by atoms with Gasteiger partial charge in [-0.15, -0.1) is 0 Å². The number of aromatic amines is 1. The highest BCUT2D eigenvalue weighted by Gasteiger charge is 2.17. The molecule has 2 aromatic heterocycles. The van der Waals surface area contributed by atoms with Crippen LogP contribution in [-0.2, 0) is 6.42 Å². The zero-order valence-electron chi connectivity index (χ0n) is 16.3. The first-order valence-corrected chi connectivity index (χ1v) is 9.27. The van der Waals surface area contributed by atoms with Crippen LogP contribution in [0.4, 0.5) is 4.39 Å². The molecule has 142 valence electrons. The molecule has 0 saturated carbocycles. The molecule has 2 heterocycles. The summed E-state index contributed by atoms with van der Waals surface area (Å²) >= 11 is 0. The Labute approximate surface area is 159 Å². The summed E-state index contributed by atoms with van der Waals surface area (Å²) in [5.74, 6) is 1.70. The first kappa shape index (κ1) is 19.2. The maximum atomic E-state index is 13.3. The highest BCUT2D eigenvalue weighted by molar-refractivity contribution is 5.76. The van der Waals surface area contributed by atoms with E-state index in [9.17, 15) is 4.39 Å². The van der Waals surface area contributed by atoms with Gasteiger partial charge in [0.1, 0.15) is 17.5 Å². The molecule has 6 heteroatoms. The zero-order chi connectivity index (χ0) is 19.4. The van der Waals surface area contributed by atoms with Crippen molar-refractivity contribution in [1.82, 2.24) is 24.8 Å². The van der Waals surface area contributed by atoms with E-state index >= 15 is 0 Å². The van der Waals surface area contributed by atoms with Gasteiger partial charge in [0.15, 0.2) is 0 Å². The Hall–Kier alpha value is -2.60. The number of H-pyrrole nitrogens is 1. The van der Waals surface area contributed by atoms with Crippen LogP contribution in [0, 0.1) is 5.82 Å². The molecule has 1 N–H and O–H groups in total. The number of hydrogen-bond donors (Lipinski definition) is 1. The molecule has 0 unspecified atom stereocenters. The molecule has 0 aliphatic carbocycles. The van der Waals surface area contributed by atoms with Crippen molar-refractivity contribution in [3.8, 4) is 22.6 Å². The Balaban J connectivity index is 1.96. The van der Waals surface area contributed by atoms with Crippen molar-refractivity contribution in [2.75, 3.05) is 20.6 Å². The second-order valence-corrected chi connectivity index (χ2v) is 7.27.